The lowest BCUT2D eigenvalue weighted by atomic mass is 10.1. The maximum Gasteiger partial charge on any atom is 0.326 e. The van der Waals surface area contributed by atoms with Gasteiger partial charge in [-0.2, -0.15) is 0 Å². The van der Waals surface area contributed by atoms with Crippen molar-refractivity contribution in [3.63, 3.8) is 0 Å². The summed E-state index contributed by atoms with van der Waals surface area (Å²) >= 11 is 0. The molecule has 82 valence electrons. The third kappa shape index (κ3) is 2.68. The van der Waals surface area contributed by atoms with Crippen LogP contribution in [0.25, 0.3) is 0 Å². The SMILES string of the molecule is CCC(Nc1c(C)cccc1F)C(=O)O. The molecule has 1 aromatic carbocycles. The summed E-state index contributed by atoms with van der Waals surface area (Å²) in [6.45, 7) is 3.47. The predicted molar refractivity (Wildman–Crippen MR) is 56.5 cm³/mol. The van der Waals surface area contributed by atoms with E-state index < -0.39 is 17.8 Å². The lowest BCUT2D eigenvalue weighted by Gasteiger charge is -2.16. The van der Waals surface area contributed by atoms with Gasteiger partial charge in [0.15, 0.2) is 0 Å². The Hall–Kier alpha value is -1.58. The first-order valence-electron chi connectivity index (χ1n) is 4.80. The molecule has 0 saturated carbocycles. The number of benzene rings is 1. The van der Waals surface area contributed by atoms with Gasteiger partial charge in [-0.3, -0.25) is 0 Å². The summed E-state index contributed by atoms with van der Waals surface area (Å²) in [6, 6.07) is 3.89. The van der Waals surface area contributed by atoms with Gasteiger partial charge in [0.1, 0.15) is 11.9 Å². The Balaban J connectivity index is 2.92. The van der Waals surface area contributed by atoms with Gasteiger partial charge in [0, 0.05) is 0 Å². The molecule has 1 aromatic rings. The number of anilines is 1. The van der Waals surface area contributed by atoms with Gasteiger partial charge in [-0.1, -0.05) is 19.1 Å². The predicted octanol–water partition coefficient (Wildman–Crippen LogP) is 2.41. The van der Waals surface area contributed by atoms with Gasteiger partial charge in [0.2, 0.25) is 0 Å². The molecule has 0 amide bonds. The van der Waals surface area contributed by atoms with Gasteiger partial charge in [0.25, 0.3) is 0 Å². The fourth-order valence-corrected chi connectivity index (χ4v) is 1.33. The summed E-state index contributed by atoms with van der Waals surface area (Å²) < 4.78 is 13.4. The van der Waals surface area contributed by atoms with Crippen molar-refractivity contribution in [2.75, 3.05) is 5.32 Å². The van der Waals surface area contributed by atoms with Crippen LogP contribution in [-0.4, -0.2) is 17.1 Å². The average molecular weight is 211 g/mol. The van der Waals surface area contributed by atoms with Crippen molar-refractivity contribution >= 4 is 11.7 Å². The lowest BCUT2D eigenvalue weighted by Crippen LogP contribution is -2.29. The fourth-order valence-electron chi connectivity index (χ4n) is 1.33. The van der Waals surface area contributed by atoms with Crippen molar-refractivity contribution in [2.24, 2.45) is 0 Å². The Morgan fingerprint density at radius 3 is 2.73 bits per heavy atom. The first kappa shape index (κ1) is 11.5. The molecule has 0 aliphatic heterocycles. The Bertz CT molecular complexity index is 345. The average Bonchev–Trinajstić information content (AvgIpc) is 2.17. The third-order valence-electron chi connectivity index (χ3n) is 2.25. The van der Waals surface area contributed by atoms with Crippen LogP contribution in [0.15, 0.2) is 18.2 Å². The van der Waals surface area contributed by atoms with Gasteiger partial charge >= 0.3 is 5.97 Å². The number of carbonyl (C=O) groups is 1. The normalized spacial score (nSPS) is 12.2. The Labute approximate surface area is 87.9 Å². The van der Waals surface area contributed by atoms with Crippen LogP contribution in [-0.2, 0) is 4.79 Å². The Morgan fingerprint density at radius 2 is 2.27 bits per heavy atom. The molecule has 0 heterocycles. The molecule has 15 heavy (non-hydrogen) atoms. The molecule has 1 atom stereocenters. The summed E-state index contributed by atoms with van der Waals surface area (Å²) in [6.07, 6.45) is 0.406. The van der Waals surface area contributed by atoms with E-state index in [1.807, 2.05) is 0 Å². The van der Waals surface area contributed by atoms with Crippen LogP contribution in [0, 0.1) is 12.7 Å². The van der Waals surface area contributed by atoms with E-state index in [0.717, 1.165) is 0 Å². The molecule has 0 aliphatic rings. The number of hydrogen-bond acceptors (Lipinski definition) is 2. The molecular weight excluding hydrogens is 197 g/mol. The van der Waals surface area contributed by atoms with Crippen LogP contribution in [0.3, 0.4) is 0 Å². The summed E-state index contributed by atoms with van der Waals surface area (Å²) in [5.74, 6) is -1.39. The van der Waals surface area contributed by atoms with E-state index in [9.17, 15) is 9.18 Å². The minimum absolute atomic E-state index is 0.270. The summed E-state index contributed by atoms with van der Waals surface area (Å²) in [7, 11) is 0. The Kier molecular flexibility index (Phi) is 3.66. The number of hydrogen-bond donors (Lipinski definition) is 2. The van der Waals surface area contributed by atoms with Gasteiger partial charge < -0.3 is 10.4 Å². The molecule has 4 heteroatoms. The minimum Gasteiger partial charge on any atom is -0.480 e. The molecule has 3 nitrogen and oxygen atoms in total. The van der Waals surface area contributed by atoms with Gasteiger partial charge in [0.05, 0.1) is 5.69 Å². The highest BCUT2D eigenvalue weighted by Gasteiger charge is 2.17. The van der Waals surface area contributed by atoms with E-state index in [2.05, 4.69) is 5.32 Å². The van der Waals surface area contributed by atoms with Crippen LogP contribution >= 0.6 is 0 Å². The number of halogens is 1. The topological polar surface area (TPSA) is 49.3 Å². The number of aliphatic carboxylic acids is 1. The smallest absolute Gasteiger partial charge is 0.326 e. The van der Waals surface area contributed by atoms with Crippen molar-refractivity contribution in [3.8, 4) is 0 Å². The van der Waals surface area contributed by atoms with Crippen LogP contribution < -0.4 is 5.32 Å². The molecule has 1 unspecified atom stereocenters. The zero-order chi connectivity index (χ0) is 11.4. The van der Waals surface area contributed by atoms with Crippen molar-refractivity contribution < 1.29 is 14.3 Å². The highest BCUT2D eigenvalue weighted by atomic mass is 19.1. The monoisotopic (exact) mass is 211 g/mol. The summed E-state index contributed by atoms with van der Waals surface area (Å²) in [5, 5.41) is 11.5. The molecule has 0 aromatic heterocycles. The van der Waals surface area contributed by atoms with Crippen LogP contribution in [0.1, 0.15) is 18.9 Å². The third-order valence-corrected chi connectivity index (χ3v) is 2.25. The van der Waals surface area contributed by atoms with E-state index in [-0.39, 0.29) is 5.69 Å². The number of para-hydroxylation sites is 1. The van der Waals surface area contributed by atoms with E-state index >= 15 is 0 Å². The second kappa shape index (κ2) is 4.77. The summed E-state index contributed by atoms with van der Waals surface area (Å²) in [4.78, 5) is 10.8. The van der Waals surface area contributed by atoms with E-state index in [0.29, 0.717) is 12.0 Å². The zero-order valence-electron chi connectivity index (χ0n) is 8.75. The Morgan fingerprint density at radius 1 is 1.60 bits per heavy atom. The van der Waals surface area contributed by atoms with E-state index in [4.69, 9.17) is 5.11 Å². The van der Waals surface area contributed by atoms with Crippen molar-refractivity contribution in [1.29, 1.82) is 0 Å². The zero-order valence-corrected chi connectivity index (χ0v) is 8.75. The molecule has 0 radical (unpaired) electrons. The second-order valence-corrected chi connectivity index (χ2v) is 3.38. The molecule has 0 saturated heterocycles. The maximum atomic E-state index is 13.4. The van der Waals surface area contributed by atoms with Gasteiger partial charge in [-0.25, -0.2) is 9.18 Å². The lowest BCUT2D eigenvalue weighted by molar-refractivity contribution is -0.137. The fraction of sp³-hybridized carbons (Fsp3) is 0.364. The van der Waals surface area contributed by atoms with Gasteiger partial charge in [-0.15, -0.1) is 0 Å². The van der Waals surface area contributed by atoms with Crippen molar-refractivity contribution in [1.82, 2.24) is 0 Å². The highest BCUT2D eigenvalue weighted by molar-refractivity contribution is 5.77. The summed E-state index contributed by atoms with van der Waals surface area (Å²) in [5.41, 5.74) is 0.974. The second-order valence-electron chi connectivity index (χ2n) is 3.38. The van der Waals surface area contributed by atoms with Gasteiger partial charge in [-0.05, 0) is 25.0 Å². The first-order valence-corrected chi connectivity index (χ1v) is 4.80. The molecular formula is C11H14FNO2. The number of aryl methyl sites for hydroxylation is 1. The number of carboxylic acids is 1. The number of rotatable bonds is 4. The van der Waals surface area contributed by atoms with Crippen molar-refractivity contribution in [3.05, 3.63) is 29.6 Å². The highest BCUT2D eigenvalue weighted by Crippen LogP contribution is 2.20. The molecule has 0 aliphatic carbocycles. The molecule has 0 spiro atoms. The van der Waals surface area contributed by atoms with Crippen LogP contribution in [0.5, 0.6) is 0 Å². The van der Waals surface area contributed by atoms with Crippen LogP contribution in [0.4, 0.5) is 10.1 Å². The molecule has 0 bridgehead atoms. The quantitative estimate of drug-likeness (QED) is 0.804. The largest absolute Gasteiger partial charge is 0.480 e. The minimum atomic E-state index is -0.972. The van der Waals surface area contributed by atoms with E-state index in [1.165, 1.54) is 6.07 Å². The first-order chi connectivity index (χ1) is 7.06. The van der Waals surface area contributed by atoms with E-state index in [1.54, 1.807) is 26.0 Å². The number of nitrogens with one attached hydrogen (secondary N) is 1. The molecule has 0 fully saturated rings. The standard InChI is InChI=1S/C11H14FNO2/c1-3-9(11(14)15)13-10-7(2)5-4-6-8(10)12/h4-6,9,13H,3H2,1-2H3,(H,14,15). The number of carboxylic acid groups (broad SMARTS) is 1. The maximum absolute atomic E-state index is 13.4. The van der Waals surface area contributed by atoms with Crippen molar-refractivity contribution in [2.45, 2.75) is 26.3 Å². The molecule has 2 N–H and O–H groups in total. The molecule has 1 rings (SSSR count). The van der Waals surface area contributed by atoms with Crippen LogP contribution in [0.2, 0.25) is 0 Å².